The van der Waals surface area contributed by atoms with Crippen LogP contribution in [0, 0.1) is 0 Å². The first kappa shape index (κ1) is 14.1. The Morgan fingerprint density at radius 3 is 2.81 bits per heavy atom. The molecule has 0 saturated carbocycles. The fourth-order valence-electron chi connectivity index (χ4n) is 2.73. The minimum atomic E-state index is -0.197. The number of ether oxygens (including phenoxy) is 1. The lowest BCUT2D eigenvalue weighted by molar-refractivity contribution is 0.0687. The van der Waals surface area contributed by atoms with E-state index in [2.05, 4.69) is 11.4 Å². The molecule has 0 spiro atoms. The van der Waals surface area contributed by atoms with Gasteiger partial charge in [-0.15, -0.1) is 11.3 Å². The quantitative estimate of drug-likeness (QED) is 0.828. The standard InChI is InChI=1S/C17H19NO2S/c19-17(20-13-14-7-2-1-3-8-14)18-11-5-4-9-15(18)16-10-6-12-21-16/h1-3,6-8,10,12,15H,4-5,9,11,13H2. The zero-order chi connectivity index (χ0) is 14.5. The van der Waals surface area contributed by atoms with Gasteiger partial charge in [0.15, 0.2) is 0 Å². The Bertz CT molecular complexity index is 568. The molecule has 21 heavy (non-hydrogen) atoms. The highest BCUT2D eigenvalue weighted by Crippen LogP contribution is 2.33. The molecule has 1 unspecified atom stereocenters. The number of carbonyl (C=O) groups is 1. The third-order valence-corrected chi connectivity index (χ3v) is 4.79. The van der Waals surface area contributed by atoms with Crippen LogP contribution >= 0.6 is 11.3 Å². The van der Waals surface area contributed by atoms with Gasteiger partial charge in [0, 0.05) is 11.4 Å². The van der Waals surface area contributed by atoms with Crippen LogP contribution in [0.15, 0.2) is 47.8 Å². The second-order valence-electron chi connectivity index (χ2n) is 5.26. The Labute approximate surface area is 129 Å². The minimum Gasteiger partial charge on any atom is -0.445 e. The molecular weight excluding hydrogens is 282 g/mol. The Morgan fingerprint density at radius 2 is 2.05 bits per heavy atom. The van der Waals surface area contributed by atoms with Crippen molar-refractivity contribution in [2.24, 2.45) is 0 Å². The summed E-state index contributed by atoms with van der Waals surface area (Å²) in [4.78, 5) is 15.5. The number of piperidine rings is 1. The van der Waals surface area contributed by atoms with Gasteiger partial charge in [-0.2, -0.15) is 0 Å². The summed E-state index contributed by atoms with van der Waals surface area (Å²) in [5.74, 6) is 0. The van der Waals surface area contributed by atoms with Gasteiger partial charge in [0.2, 0.25) is 0 Å². The Morgan fingerprint density at radius 1 is 1.19 bits per heavy atom. The summed E-state index contributed by atoms with van der Waals surface area (Å²) >= 11 is 1.72. The lowest BCUT2D eigenvalue weighted by Gasteiger charge is -2.34. The summed E-state index contributed by atoms with van der Waals surface area (Å²) < 4.78 is 5.49. The van der Waals surface area contributed by atoms with E-state index in [0.717, 1.165) is 24.9 Å². The number of carbonyl (C=O) groups excluding carboxylic acids is 1. The van der Waals surface area contributed by atoms with Gasteiger partial charge in [-0.1, -0.05) is 36.4 Å². The van der Waals surface area contributed by atoms with Gasteiger partial charge >= 0.3 is 6.09 Å². The molecule has 1 aliphatic heterocycles. The van der Waals surface area contributed by atoms with E-state index in [9.17, 15) is 4.79 Å². The van der Waals surface area contributed by atoms with Gasteiger partial charge in [-0.05, 0) is 36.3 Å². The van der Waals surface area contributed by atoms with Crippen LogP contribution in [0.4, 0.5) is 4.79 Å². The van der Waals surface area contributed by atoms with Crippen LogP contribution < -0.4 is 0 Å². The van der Waals surface area contributed by atoms with Gasteiger partial charge in [0.1, 0.15) is 6.61 Å². The minimum absolute atomic E-state index is 0.182. The maximum Gasteiger partial charge on any atom is 0.410 e. The molecule has 2 heterocycles. The Kier molecular flexibility index (Phi) is 4.55. The summed E-state index contributed by atoms with van der Waals surface area (Å²) in [5, 5.41) is 2.07. The van der Waals surface area contributed by atoms with E-state index in [-0.39, 0.29) is 12.1 Å². The van der Waals surface area contributed by atoms with E-state index in [0.29, 0.717) is 6.61 Å². The Hall–Kier alpha value is -1.81. The van der Waals surface area contributed by atoms with E-state index < -0.39 is 0 Å². The molecule has 0 aliphatic carbocycles. The average molecular weight is 301 g/mol. The molecule has 1 amide bonds. The van der Waals surface area contributed by atoms with Crippen LogP contribution in [-0.2, 0) is 11.3 Å². The van der Waals surface area contributed by atoms with Crippen molar-refractivity contribution in [3.8, 4) is 0 Å². The lowest BCUT2D eigenvalue weighted by Crippen LogP contribution is -2.38. The average Bonchev–Trinajstić information content (AvgIpc) is 3.08. The van der Waals surface area contributed by atoms with E-state index in [4.69, 9.17) is 4.74 Å². The zero-order valence-corrected chi connectivity index (χ0v) is 12.7. The largest absolute Gasteiger partial charge is 0.445 e. The normalized spacial score (nSPS) is 18.5. The first-order chi connectivity index (χ1) is 10.3. The third kappa shape index (κ3) is 3.45. The van der Waals surface area contributed by atoms with Crippen LogP contribution in [-0.4, -0.2) is 17.5 Å². The lowest BCUT2D eigenvalue weighted by atomic mass is 10.0. The van der Waals surface area contributed by atoms with Crippen LogP contribution in [0.3, 0.4) is 0 Å². The molecule has 1 aromatic carbocycles. The van der Waals surface area contributed by atoms with Crippen LogP contribution in [0.1, 0.15) is 35.7 Å². The number of amides is 1. The molecule has 3 rings (SSSR count). The van der Waals surface area contributed by atoms with Gasteiger partial charge in [-0.3, -0.25) is 0 Å². The molecule has 1 aromatic heterocycles. The first-order valence-electron chi connectivity index (χ1n) is 7.35. The van der Waals surface area contributed by atoms with Crippen LogP contribution in [0.5, 0.6) is 0 Å². The number of rotatable bonds is 3. The van der Waals surface area contributed by atoms with Crippen molar-refractivity contribution >= 4 is 17.4 Å². The maximum atomic E-state index is 12.4. The van der Waals surface area contributed by atoms with Gasteiger partial charge in [-0.25, -0.2) is 4.79 Å². The smallest absolute Gasteiger partial charge is 0.410 e. The zero-order valence-electron chi connectivity index (χ0n) is 11.9. The van der Waals surface area contributed by atoms with Gasteiger partial charge in [0.25, 0.3) is 0 Å². The molecule has 2 aromatic rings. The Balaban J connectivity index is 1.64. The molecule has 110 valence electrons. The van der Waals surface area contributed by atoms with E-state index >= 15 is 0 Å². The van der Waals surface area contributed by atoms with Crippen molar-refractivity contribution in [3.63, 3.8) is 0 Å². The number of likely N-dealkylation sites (tertiary alicyclic amines) is 1. The SMILES string of the molecule is O=C(OCc1ccccc1)N1CCCCC1c1cccs1. The molecule has 1 fully saturated rings. The molecular formula is C17H19NO2S. The molecule has 1 saturated heterocycles. The maximum absolute atomic E-state index is 12.4. The highest BCUT2D eigenvalue weighted by atomic mass is 32.1. The topological polar surface area (TPSA) is 29.5 Å². The van der Waals surface area contributed by atoms with Crippen molar-refractivity contribution < 1.29 is 9.53 Å². The second-order valence-corrected chi connectivity index (χ2v) is 6.24. The number of nitrogens with zero attached hydrogens (tertiary/aromatic N) is 1. The monoisotopic (exact) mass is 301 g/mol. The highest BCUT2D eigenvalue weighted by molar-refractivity contribution is 7.10. The summed E-state index contributed by atoms with van der Waals surface area (Å²) in [5.41, 5.74) is 1.02. The van der Waals surface area contributed by atoms with Crippen LogP contribution in [0.2, 0.25) is 0 Å². The van der Waals surface area contributed by atoms with Crippen molar-refractivity contribution in [1.29, 1.82) is 0 Å². The molecule has 0 N–H and O–H groups in total. The fraction of sp³-hybridized carbons (Fsp3) is 0.353. The van der Waals surface area contributed by atoms with Gasteiger partial charge < -0.3 is 9.64 Å². The van der Waals surface area contributed by atoms with E-state index in [1.165, 1.54) is 11.3 Å². The number of hydrogen-bond acceptors (Lipinski definition) is 3. The summed E-state index contributed by atoms with van der Waals surface area (Å²) in [6.07, 6.45) is 3.06. The molecule has 4 heteroatoms. The fourth-order valence-corrected chi connectivity index (χ4v) is 3.60. The number of benzene rings is 1. The summed E-state index contributed by atoms with van der Waals surface area (Å²) in [6.45, 7) is 1.13. The first-order valence-corrected chi connectivity index (χ1v) is 8.23. The van der Waals surface area contributed by atoms with E-state index in [1.54, 1.807) is 11.3 Å². The summed E-state index contributed by atoms with van der Waals surface area (Å²) in [6, 6.07) is 14.2. The number of hydrogen-bond donors (Lipinski definition) is 0. The van der Waals surface area contributed by atoms with Gasteiger partial charge in [0.05, 0.1) is 6.04 Å². The molecule has 3 nitrogen and oxygen atoms in total. The van der Waals surface area contributed by atoms with Crippen molar-refractivity contribution in [1.82, 2.24) is 4.90 Å². The van der Waals surface area contributed by atoms with Crippen molar-refractivity contribution in [2.45, 2.75) is 31.9 Å². The molecule has 1 atom stereocenters. The van der Waals surface area contributed by atoms with Crippen molar-refractivity contribution in [3.05, 3.63) is 58.3 Å². The third-order valence-electron chi connectivity index (χ3n) is 3.81. The number of thiophene rings is 1. The predicted molar refractivity (Wildman–Crippen MR) is 84.2 cm³/mol. The predicted octanol–water partition coefficient (Wildman–Crippen LogP) is 4.61. The molecule has 0 radical (unpaired) electrons. The van der Waals surface area contributed by atoms with Crippen molar-refractivity contribution in [2.75, 3.05) is 6.54 Å². The second kappa shape index (κ2) is 6.76. The molecule has 0 bridgehead atoms. The van der Waals surface area contributed by atoms with E-state index in [1.807, 2.05) is 41.3 Å². The highest BCUT2D eigenvalue weighted by Gasteiger charge is 2.29. The van der Waals surface area contributed by atoms with Crippen LogP contribution in [0.25, 0.3) is 0 Å². The summed E-state index contributed by atoms with van der Waals surface area (Å²) in [7, 11) is 0. The molecule has 1 aliphatic rings.